The highest BCUT2D eigenvalue weighted by Gasteiger charge is 2.38. The molecule has 19 nitrogen and oxygen atoms in total. The van der Waals surface area contributed by atoms with Gasteiger partial charge in [0.25, 0.3) is 0 Å². The minimum Gasteiger partial charge on any atom is -0.467 e. The zero-order chi connectivity index (χ0) is 59.2. The van der Waals surface area contributed by atoms with Crippen molar-refractivity contribution >= 4 is 53.4 Å². The van der Waals surface area contributed by atoms with Crippen LogP contribution in [0.1, 0.15) is 126 Å². The predicted octanol–water partition coefficient (Wildman–Crippen LogP) is 5.38. The molecule has 0 radical (unpaired) electrons. The first-order chi connectivity index (χ1) is 37.0. The fourth-order valence-electron chi connectivity index (χ4n) is 8.54. The van der Waals surface area contributed by atoms with E-state index in [9.17, 15) is 43.2 Å². The van der Waals surface area contributed by atoms with Crippen molar-refractivity contribution in [2.75, 3.05) is 7.11 Å². The third-order valence-corrected chi connectivity index (χ3v) is 12.7. The van der Waals surface area contributed by atoms with Crippen LogP contribution in [0.2, 0.25) is 0 Å². The molecule has 3 rings (SSSR count). The number of carbonyl (C=O) groups is 9. The maximum absolute atomic E-state index is 14.4. The average Bonchev–Trinajstić information content (AvgIpc) is 3.37. The van der Waals surface area contributed by atoms with Crippen molar-refractivity contribution in [2.24, 2.45) is 23.7 Å². The van der Waals surface area contributed by atoms with Crippen molar-refractivity contribution in [1.82, 2.24) is 42.5 Å². The zero-order valence-corrected chi connectivity index (χ0v) is 48.7. The van der Waals surface area contributed by atoms with Gasteiger partial charge in [-0.05, 0) is 94.2 Å². The van der Waals surface area contributed by atoms with E-state index in [1.807, 2.05) is 70.2 Å². The lowest BCUT2D eigenvalue weighted by molar-refractivity contribution is -0.146. The van der Waals surface area contributed by atoms with Crippen LogP contribution in [0, 0.1) is 23.7 Å². The number of nitrogens with one attached hydrogen (secondary N) is 8. The van der Waals surface area contributed by atoms with Gasteiger partial charge in [0.2, 0.25) is 41.4 Å². The zero-order valence-electron chi connectivity index (χ0n) is 48.7. The molecule has 8 amide bonds. The standard InChI is InChI=1S/C60H88N8O11/c1-36(2)30-44(51(70)63-47(34-42-28-22-17-23-29-42)54(73)67-50(39(7)8)56(75)78-14)62-48(69)35-43(32-40-24-18-15-19-25-40)61-57(76)60(12,13)68-55(74)49(38(5)6)66-53(72)46(33-41-26-20-16-21-27-41)64-52(71)45(31-37(3)4)65-58(77)79-59(9,10)11/h15-29,36-39,43-47,49-50H,30-35H2,1-14H3,(H,61,76)(H,62,69)(H,63,70)(H,64,71)(H,65,77)(H,66,72)(H,67,73)(H,68,74)/t43-,44-,45-,46-,47-,49-,50-/m0/s1. The lowest BCUT2D eigenvalue weighted by atomic mass is 9.96. The molecular weight excluding hydrogens is 1010 g/mol. The van der Waals surface area contributed by atoms with Crippen LogP contribution in [0.3, 0.4) is 0 Å². The fraction of sp³-hybridized carbons (Fsp3) is 0.550. The Hall–Kier alpha value is -7.31. The molecule has 0 aromatic heterocycles. The number of alkyl carbamates (subject to hydrolysis) is 1. The lowest BCUT2D eigenvalue weighted by Crippen LogP contribution is -2.63. The molecule has 0 saturated carbocycles. The van der Waals surface area contributed by atoms with Crippen LogP contribution >= 0.6 is 0 Å². The summed E-state index contributed by atoms with van der Waals surface area (Å²) in [6.07, 6.45) is -0.340. The second-order valence-electron chi connectivity index (χ2n) is 23.2. The van der Waals surface area contributed by atoms with Gasteiger partial charge >= 0.3 is 12.1 Å². The maximum atomic E-state index is 14.4. The second-order valence-corrected chi connectivity index (χ2v) is 23.2. The molecule has 0 unspecified atom stereocenters. The first kappa shape index (κ1) is 66.0. The first-order valence-electron chi connectivity index (χ1n) is 27.3. The highest BCUT2D eigenvalue weighted by atomic mass is 16.6. The molecule has 3 aromatic carbocycles. The molecule has 79 heavy (non-hydrogen) atoms. The Bertz CT molecular complexity index is 2480. The number of benzene rings is 3. The first-order valence-corrected chi connectivity index (χ1v) is 27.3. The summed E-state index contributed by atoms with van der Waals surface area (Å²) in [4.78, 5) is 125. The molecule has 7 atom stereocenters. The lowest BCUT2D eigenvalue weighted by Gasteiger charge is -2.32. The van der Waals surface area contributed by atoms with Crippen LogP contribution in [-0.2, 0) is 67.1 Å². The number of methoxy groups -OCH3 is 1. The summed E-state index contributed by atoms with van der Waals surface area (Å²) >= 11 is 0. The van der Waals surface area contributed by atoms with E-state index in [4.69, 9.17) is 9.47 Å². The molecule has 19 heteroatoms. The van der Waals surface area contributed by atoms with E-state index in [0.717, 1.165) is 16.7 Å². The van der Waals surface area contributed by atoms with E-state index >= 15 is 0 Å². The van der Waals surface area contributed by atoms with Crippen molar-refractivity contribution in [1.29, 1.82) is 0 Å². The predicted molar refractivity (Wildman–Crippen MR) is 303 cm³/mol. The number of amides is 8. The normalized spacial score (nSPS) is 14.3. The van der Waals surface area contributed by atoms with Crippen LogP contribution in [0.4, 0.5) is 4.79 Å². The SMILES string of the molecule is COC(=O)[C@@H](NC(=O)[C@H](Cc1ccccc1)NC(=O)[C@H](CC(C)C)NC(=O)C[C@H](Cc1ccccc1)NC(=O)C(C)(C)NC(=O)[C@@H](NC(=O)[C@H](Cc1ccccc1)NC(=O)[C@H](CC(C)C)NC(=O)OC(C)(C)C)C(C)C)C(C)C. The maximum Gasteiger partial charge on any atom is 0.408 e. The van der Waals surface area contributed by atoms with Gasteiger partial charge in [-0.25, -0.2) is 9.59 Å². The van der Waals surface area contributed by atoms with Gasteiger partial charge in [-0.3, -0.25) is 33.6 Å². The third kappa shape index (κ3) is 23.7. The highest BCUT2D eigenvalue weighted by molar-refractivity contribution is 5.97. The number of ether oxygens (including phenoxy) is 2. The summed E-state index contributed by atoms with van der Waals surface area (Å²) in [5.41, 5.74) is -0.200. The van der Waals surface area contributed by atoms with Crippen LogP contribution in [0.25, 0.3) is 0 Å². The topological polar surface area (TPSA) is 268 Å². The Labute approximate surface area is 467 Å². The largest absolute Gasteiger partial charge is 0.467 e. The van der Waals surface area contributed by atoms with Crippen LogP contribution in [-0.4, -0.2) is 114 Å². The molecular formula is C60H88N8O11. The Kier molecular flexibility index (Phi) is 26.2. The van der Waals surface area contributed by atoms with E-state index in [1.165, 1.54) is 21.0 Å². The van der Waals surface area contributed by atoms with Crippen LogP contribution < -0.4 is 42.5 Å². The average molecular weight is 1100 g/mol. The summed E-state index contributed by atoms with van der Waals surface area (Å²) in [7, 11) is 1.23. The molecule has 3 aromatic rings. The van der Waals surface area contributed by atoms with Gasteiger partial charge in [0, 0.05) is 25.3 Å². The summed E-state index contributed by atoms with van der Waals surface area (Å²) in [5, 5.41) is 22.4. The minimum absolute atomic E-state index is 0.0277. The molecule has 0 fully saturated rings. The van der Waals surface area contributed by atoms with Crippen molar-refractivity contribution in [3.63, 3.8) is 0 Å². The van der Waals surface area contributed by atoms with Crippen molar-refractivity contribution in [3.8, 4) is 0 Å². The summed E-state index contributed by atoms with van der Waals surface area (Å²) in [6, 6.07) is 19.6. The molecule has 0 heterocycles. The van der Waals surface area contributed by atoms with Gasteiger partial charge in [0.15, 0.2) is 0 Å². The number of hydrogen-bond donors (Lipinski definition) is 8. The van der Waals surface area contributed by atoms with Gasteiger partial charge in [-0.2, -0.15) is 0 Å². The second kappa shape index (κ2) is 31.3. The van der Waals surface area contributed by atoms with Gasteiger partial charge in [0.1, 0.15) is 47.4 Å². The van der Waals surface area contributed by atoms with Gasteiger partial charge in [0.05, 0.1) is 7.11 Å². The molecule has 434 valence electrons. The van der Waals surface area contributed by atoms with Crippen LogP contribution in [0.15, 0.2) is 91.0 Å². The van der Waals surface area contributed by atoms with E-state index in [2.05, 4.69) is 42.5 Å². The van der Waals surface area contributed by atoms with Crippen molar-refractivity contribution < 1.29 is 52.6 Å². The van der Waals surface area contributed by atoms with Gasteiger partial charge in [-0.1, -0.05) is 146 Å². The Morgan fingerprint density at radius 1 is 0.456 bits per heavy atom. The Morgan fingerprint density at radius 2 is 0.848 bits per heavy atom. The van der Waals surface area contributed by atoms with E-state index in [1.54, 1.807) is 97.0 Å². The fourth-order valence-corrected chi connectivity index (χ4v) is 8.54. The molecule has 0 aliphatic rings. The molecule has 0 saturated heterocycles. The Morgan fingerprint density at radius 3 is 1.24 bits per heavy atom. The summed E-state index contributed by atoms with van der Waals surface area (Å²) in [5.74, 6) is -6.06. The van der Waals surface area contributed by atoms with E-state index in [0.29, 0.717) is 0 Å². The van der Waals surface area contributed by atoms with E-state index < -0.39 is 113 Å². The van der Waals surface area contributed by atoms with E-state index in [-0.39, 0.29) is 56.3 Å². The van der Waals surface area contributed by atoms with Gasteiger partial charge < -0.3 is 52.0 Å². The van der Waals surface area contributed by atoms with Crippen molar-refractivity contribution in [3.05, 3.63) is 108 Å². The molecule has 0 aliphatic heterocycles. The monoisotopic (exact) mass is 1100 g/mol. The summed E-state index contributed by atoms with van der Waals surface area (Å²) in [6.45, 7) is 22.6. The number of esters is 1. The third-order valence-electron chi connectivity index (χ3n) is 12.7. The molecule has 0 bridgehead atoms. The molecule has 0 aliphatic carbocycles. The number of hydrogen-bond acceptors (Lipinski definition) is 11. The quantitative estimate of drug-likeness (QED) is 0.0409. The Balaban J connectivity index is 1.86. The van der Waals surface area contributed by atoms with Crippen LogP contribution in [0.5, 0.6) is 0 Å². The van der Waals surface area contributed by atoms with Crippen molar-refractivity contribution in [2.45, 2.75) is 182 Å². The smallest absolute Gasteiger partial charge is 0.408 e. The number of rotatable bonds is 29. The van der Waals surface area contributed by atoms with Gasteiger partial charge in [-0.15, -0.1) is 0 Å². The molecule has 0 spiro atoms. The molecule has 8 N–H and O–H groups in total. The highest BCUT2D eigenvalue weighted by Crippen LogP contribution is 2.16. The number of carbonyl (C=O) groups excluding carboxylic acids is 9. The minimum atomic E-state index is -1.62. The summed E-state index contributed by atoms with van der Waals surface area (Å²) < 4.78 is 10.4.